The van der Waals surface area contributed by atoms with E-state index in [0.29, 0.717) is 5.56 Å². The number of halogens is 4. The second-order valence-corrected chi connectivity index (χ2v) is 8.41. The molecule has 0 bridgehead atoms. The Morgan fingerprint density at radius 3 is 2.17 bits per heavy atom. The lowest BCUT2D eigenvalue weighted by Crippen LogP contribution is -2.13. The second-order valence-electron chi connectivity index (χ2n) is 5.95. The van der Waals surface area contributed by atoms with Gasteiger partial charge in [-0.25, -0.2) is 0 Å². The fraction of sp³-hybridized carbons (Fsp3) is 0.316. The van der Waals surface area contributed by atoms with Gasteiger partial charge in [-0.15, -0.1) is 0 Å². The largest absolute Gasteiger partial charge is 0.417 e. The van der Waals surface area contributed by atoms with E-state index in [1.54, 1.807) is 26.0 Å². The molecule has 0 radical (unpaired) electrons. The minimum atomic E-state index is -4.63. The first kappa shape index (κ1) is 23.4. The van der Waals surface area contributed by atoms with Gasteiger partial charge >= 0.3 is 13.8 Å². The first-order valence-corrected chi connectivity index (χ1v) is 10.8. The van der Waals surface area contributed by atoms with Crippen molar-refractivity contribution in [3.8, 4) is 0 Å². The lowest BCUT2D eigenvalue weighted by molar-refractivity contribution is -0.137. The number of carbonyl (C=O) groups excluding carboxylic acids is 1. The molecule has 0 aliphatic heterocycles. The van der Waals surface area contributed by atoms with Gasteiger partial charge in [0.2, 0.25) is 0 Å². The van der Waals surface area contributed by atoms with Gasteiger partial charge in [0.15, 0.2) is 0 Å². The maximum atomic E-state index is 12.9. The summed E-state index contributed by atoms with van der Waals surface area (Å²) in [5, 5.41) is 1.95. The summed E-state index contributed by atoms with van der Waals surface area (Å²) < 4.78 is 61.8. The maximum absolute atomic E-state index is 12.9. The highest BCUT2D eigenvalue weighted by atomic mass is 35.5. The SMILES string of the molecule is CCOP(=O)(Cc1ccc(C(=O)Nc2ccc(Cl)c(C(F)(F)F)c2)cc1)OCC. The van der Waals surface area contributed by atoms with E-state index in [-0.39, 0.29) is 30.6 Å². The molecule has 0 saturated heterocycles. The van der Waals surface area contributed by atoms with E-state index >= 15 is 0 Å². The topological polar surface area (TPSA) is 64.6 Å². The van der Waals surface area contributed by atoms with Crippen molar-refractivity contribution in [2.24, 2.45) is 0 Å². The molecule has 0 spiro atoms. The van der Waals surface area contributed by atoms with Crippen molar-refractivity contribution in [2.75, 3.05) is 18.5 Å². The molecule has 10 heteroatoms. The number of alkyl halides is 3. The Kier molecular flexibility index (Phi) is 7.88. The van der Waals surface area contributed by atoms with E-state index in [2.05, 4.69) is 5.32 Å². The molecule has 0 aliphatic carbocycles. The third-order valence-electron chi connectivity index (χ3n) is 3.77. The fourth-order valence-corrected chi connectivity index (χ4v) is 4.46. The van der Waals surface area contributed by atoms with Crippen molar-refractivity contribution in [3.05, 3.63) is 64.2 Å². The number of hydrogen-bond acceptors (Lipinski definition) is 4. The lowest BCUT2D eigenvalue weighted by Gasteiger charge is -2.17. The molecular weight excluding hydrogens is 430 g/mol. The van der Waals surface area contributed by atoms with Crippen molar-refractivity contribution in [1.82, 2.24) is 0 Å². The van der Waals surface area contributed by atoms with Crippen molar-refractivity contribution in [1.29, 1.82) is 0 Å². The summed E-state index contributed by atoms with van der Waals surface area (Å²) in [6.45, 7) is 3.89. The molecule has 1 N–H and O–H groups in total. The van der Waals surface area contributed by atoms with Gasteiger partial charge in [0.1, 0.15) is 0 Å². The van der Waals surface area contributed by atoms with Crippen LogP contribution in [0.5, 0.6) is 0 Å². The maximum Gasteiger partial charge on any atom is 0.417 e. The number of anilines is 1. The van der Waals surface area contributed by atoms with Crippen LogP contribution in [0, 0.1) is 0 Å². The molecule has 0 unspecified atom stereocenters. The normalized spacial score (nSPS) is 12.1. The molecule has 29 heavy (non-hydrogen) atoms. The number of benzene rings is 2. The molecule has 158 valence electrons. The Hall–Kier alpha value is -1.86. The molecule has 2 aromatic carbocycles. The number of rotatable bonds is 8. The number of nitrogens with one attached hydrogen (secondary N) is 1. The van der Waals surface area contributed by atoms with Gasteiger partial charge in [0, 0.05) is 11.3 Å². The Morgan fingerprint density at radius 2 is 1.66 bits per heavy atom. The summed E-state index contributed by atoms with van der Waals surface area (Å²) in [4.78, 5) is 12.3. The van der Waals surface area contributed by atoms with E-state index in [1.807, 2.05) is 0 Å². The molecular formula is C19H20ClF3NO4P. The summed E-state index contributed by atoms with van der Waals surface area (Å²) >= 11 is 5.57. The van der Waals surface area contributed by atoms with Crippen molar-refractivity contribution in [3.63, 3.8) is 0 Å². The molecule has 5 nitrogen and oxygen atoms in total. The van der Waals surface area contributed by atoms with Crippen LogP contribution in [0.2, 0.25) is 5.02 Å². The molecule has 1 amide bonds. The van der Waals surface area contributed by atoms with Crippen LogP contribution in [0.1, 0.15) is 35.3 Å². The molecule has 0 heterocycles. The van der Waals surface area contributed by atoms with E-state index < -0.39 is 30.3 Å². The Morgan fingerprint density at radius 1 is 1.07 bits per heavy atom. The van der Waals surface area contributed by atoms with Gasteiger partial charge in [0.05, 0.1) is 30.0 Å². The number of amides is 1. The van der Waals surface area contributed by atoms with E-state index in [1.165, 1.54) is 18.2 Å². The first-order valence-electron chi connectivity index (χ1n) is 8.73. The molecule has 2 aromatic rings. The third-order valence-corrected chi connectivity index (χ3v) is 6.16. The van der Waals surface area contributed by atoms with Gasteiger partial charge in [-0.1, -0.05) is 23.7 Å². The standard InChI is InChI=1S/C19H20ClF3NO4P/c1-3-27-29(26,28-4-2)12-13-5-7-14(8-6-13)18(25)24-15-9-10-17(20)16(11-15)19(21,22)23/h5-11H,3-4,12H2,1-2H3,(H,24,25). The van der Waals surface area contributed by atoms with Crippen LogP contribution in [-0.2, 0) is 26.0 Å². The molecule has 2 rings (SSSR count). The monoisotopic (exact) mass is 449 g/mol. The fourth-order valence-electron chi connectivity index (χ4n) is 2.53. The van der Waals surface area contributed by atoms with Gasteiger partial charge < -0.3 is 14.4 Å². The average Bonchev–Trinajstić information content (AvgIpc) is 2.63. The number of hydrogen-bond donors (Lipinski definition) is 1. The summed E-state index contributed by atoms with van der Waals surface area (Å²) in [5.41, 5.74) is -0.208. The lowest BCUT2D eigenvalue weighted by atomic mass is 10.1. The van der Waals surface area contributed by atoms with Crippen molar-refractivity contribution >= 4 is 30.8 Å². The quantitative estimate of drug-likeness (QED) is 0.475. The summed E-state index contributed by atoms with van der Waals surface area (Å²) in [5.74, 6) is -0.593. The van der Waals surface area contributed by atoms with Gasteiger partial charge in [-0.3, -0.25) is 9.36 Å². The van der Waals surface area contributed by atoms with E-state index in [9.17, 15) is 22.5 Å². The minimum Gasteiger partial charge on any atom is -0.322 e. The predicted octanol–water partition coefficient (Wildman–Crippen LogP) is 6.38. The van der Waals surface area contributed by atoms with Crippen LogP contribution in [-0.4, -0.2) is 19.1 Å². The zero-order chi connectivity index (χ0) is 21.7. The first-order chi connectivity index (χ1) is 13.6. The Labute approximate surface area is 171 Å². The summed E-state index contributed by atoms with van der Waals surface area (Å²) in [6, 6.07) is 9.26. The van der Waals surface area contributed by atoms with Crippen LogP contribution >= 0.6 is 19.2 Å². The van der Waals surface area contributed by atoms with Gasteiger partial charge in [-0.2, -0.15) is 13.2 Å². The van der Waals surface area contributed by atoms with Crippen LogP contribution in [0.25, 0.3) is 0 Å². The van der Waals surface area contributed by atoms with Crippen molar-refractivity contribution in [2.45, 2.75) is 26.2 Å². The molecule has 0 fully saturated rings. The predicted molar refractivity (Wildman–Crippen MR) is 105 cm³/mol. The zero-order valence-corrected chi connectivity index (χ0v) is 17.4. The average molecular weight is 450 g/mol. The van der Waals surface area contributed by atoms with Crippen LogP contribution in [0.15, 0.2) is 42.5 Å². The molecule has 0 atom stereocenters. The highest BCUT2D eigenvalue weighted by Crippen LogP contribution is 2.51. The minimum absolute atomic E-state index is 0.0343. The van der Waals surface area contributed by atoms with Crippen molar-refractivity contribution < 1.29 is 31.6 Å². The Balaban J connectivity index is 2.12. The van der Waals surface area contributed by atoms with Crippen LogP contribution in [0.4, 0.5) is 18.9 Å². The third kappa shape index (κ3) is 6.57. The van der Waals surface area contributed by atoms with Crippen LogP contribution < -0.4 is 5.32 Å². The van der Waals surface area contributed by atoms with Crippen LogP contribution in [0.3, 0.4) is 0 Å². The Bertz CT molecular complexity index is 893. The second kappa shape index (κ2) is 9.76. The summed E-state index contributed by atoms with van der Waals surface area (Å²) in [6.07, 6.45) is -4.59. The molecule has 0 aromatic heterocycles. The molecule has 0 saturated carbocycles. The number of carbonyl (C=O) groups is 1. The summed E-state index contributed by atoms with van der Waals surface area (Å²) in [7, 11) is -3.28. The van der Waals surface area contributed by atoms with E-state index in [0.717, 1.165) is 12.1 Å². The van der Waals surface area contributed by atoms with Gasteiger partial charge in [0.25, 0.3) is 5.91 Å². The highest BCUT2D eigenvalue weighted by Gasteiger charge is 2.33. The zero-order valence-electron chi connectivity index (χ0n) is 15.8. The molecule has 0 aliphatic rings. The van der Waals surface area contributed by atoms with E-state index in [4.69, 9.17) is 20.6 Å². The van der Waals surface area contributed by atoms with Gasteiger partial charge in [-0.05, 0) is 49.7 Å². The highest BCUT2D eigenvalue weighted by molar-refractivity contribution is 7.53. The smallest absolute Gasteiger partial charge is 0.322 e.